The zero-order chi connectivity index (χ0) is 23.9. The number of hydroxylamine groups is 1. The third-order valence-corrected chi connectivity index (χ3v) is 7.97. The molecule has 178 valence electrons. The van der Waals surface area contributed by atoms with Crippen molar-refractivity contribution in [3.05, 3.63) is 48.5 Å². The van der Waals surface area contributed by atoms with Crippen LogP contribution in [0.3, 0.4) is 0 Å². The second-order valence-corrected chi connectivity index (χ2v) is 9.80. The van der Waals surface area contributed by atoms with Gasteiger partial charge in [-0.1, -0.05) is 12.1 Å². The monoisotopic (exact) mass is 478 g/mol. The lowest BCUT2D eigenvalue weighted by Crippen LogP contribution is -2.54. The Morgan fingerprint density at radius 3 is 2.36 bits per heavy atom. The minimum absolute atomic E-state index is 0.0175. The number of sulfone groups is 1. The minimum atomic E-state index is -4.10. The zero-order valence-corrected chi connectivity index (χ0v) is 18.6. The van der Waals surface area contributed by atoms with Crippen LogP contribution in [-0.4, -0.2) is 55.1 Å². The number of para-hydroxylation sites is 2. The van der Waals surface area contributed by atoms with Gasteiger partial charge in [0, 0.05) is 19.6 Å². The number of amides is 2. The number of ether oxygens (including phenoxy) is 2. The number of nitrogens with one attached hydrogen (secondary N) is 2. The van der Waals surface area contributed by atoms with E-state index >= 15 is 0 Å². The largest absolute Gasteiger partial charge is 0.506 e. The van der Waals surface area contributed by atoms with Crippen LogP contribution in [0.25, 0.3) is 0 Å². The average Bonchev–Trinajstić information content (AvgIpc) is 2.83. The Bertz CT molecular complexity index is 1080. The van der Waals surface area contributed by atoms with E-state index in [2.05, 4.69) is 5.32 Å². The van der Waals surface area contributed by atoms with Crippen molar-refractivity contribution in [1.82, 2.24) is 5.48 Å². The molecule has 0 saturated carbocycles. The molecule has 1 aliphatic heterocycles. The first-order valence-electron chi connectivity index (χ1n) is 10.4. The van der Waals surface area contributed by atoms with Crippen LogP contribution in [0.5, 0.6) is 11.5 Å². The molecule has 10 nitrogen and oxygen atoms in total. The van der Waals surface area contributed by atoms with E-state index in [1.165, 1.54) is 35.8 Å². The van der Waals surface area contributed by atoms with Gasteiger partial charge in [-0.2, -0.15) is 0 Å². The van der Waals surface area contributed by atoms with Crippen LogP contribution in [0.1, 0.15) is 25.7 Å². The maximum atomic E-state index is 13.2. The number of aromatic hydroxyl groups is 1. The van der Waals surface area contributed by atoms with Crippen molar-refractivity contribution in [3.63, 3.8) is 0 Å². The molecule has 0 bridgehead atoms. The number of rotatable bonds is 9. The van der Waals surface area contributed by atoms with E-state index in [0.29, 0.717) is 17.9 Å². The van der Waals surface area contributed by atoms with Gasteiger partial charge in [0.25, 0.3) is 5.91 Å². The maximum absolute atomic E-state index is 13.2. The average molecular weight is 479 g/mol. The summed E-state index contributed by atoms with van der Waals surface area (Å²) < 4.78 is 35.4. The molecule has 0 radical (unpaired) electrons. The molecular formula is C22H26N2O8S. The van der Waals surface area contributed by atoms with E-state index in [1.54, 1.807) is 18.2 Å². The Morgan fingerprint density at radius 1 is 1.06 bits per heavy atom. The molecule has 11 heteroatoms. The topological polar surface area (TPSA) is 151 Å². The number of hydrogen-bond donors (Lipinski definition) is 4. The molecule has 0 spiro atoms. The highest BCUT2D eigenvalue weighted by molar-refractivity contribution is 7.93. The summed E-state index contributed by atoms with van der Waals surface area (Å²) in [5, 5.41) is 21.4. The van der Waals surface area contributed by atoms with Crippen LogP contribution < -0.4 is 15.5 Å². The Balaban J connectivity index is 1.56. The molecule has 0 atom stereocenters. The second kappa shape index (κ2) is 10.6. The Hall–Kier alpha value is -3.15. The van der Waals surface area contributed by atoms with Gasteiger partial charge in [-0.05, 0) is 55.7 Å². The first-order valence-corrected chi connectivity index (χ1v) is 11.9. The van der Waals surface area contributed by atoms with Gasteiger partial charge in [0.05, 0.1) is 17.2 Å². The van der Waals surface area contributed by atoms with Gasteiger partial charge < -0.3 is 19.9 Å². The van der Waals surface area contributed by atoms with Gasteiger partial charge in [-0.25, -0.2) is 13.9 Å². The smallest absolute Gasteiger partial charge is 0.265 e. The summed E-state index contributed by atoms with van der Waals surface area (Å²) in [6.45, 7) is 0.394. The fraction of sp³-hybridized carbons (Fsp3) is 0.364. The summed E-state index contributed by atoms with van der Waals surface area (Å²) in [7, 11) is -4.10. The number of carbonyl (C=O) groups is 2. The lowest BCUT2D eigenvalue weighted by molar-refractivity contribution is -0.134. The van der Waals surface area contributed by atoms with Gasteiger partial charge in [0.2, 0.25) is 5.91 Å². The molecule has 2 aromatic rings. The van der Waals surface area contributed by atoms with Crippen molar-refractivity contribution < 1.29 is 37.8 Å². The van der Waals surface area contributed by atoms with Crippen molar-refractivity contribution >= 4 is 27.3 Å². The highest BCUT2D eigenvalue weighted by Gasteiger charge is 2.52. The molecule has 2 amide bonds. The van der Waals surface area contributed by atoms with Crippen molar-refractivity contribution in [2.75, 3.05) is 25.1 Å². The van der Waals surface area contributed by atoms with Crippen LogP contribution in [0.2, 0.25) is 0 Å². The standard InChI is InChI=1S/C22H26N2O8S/c25-19-5-2-1-4-18(19)23-20(26)6-3-13-32-16-7-9-17(10-8-16)33(29,30)22(21(27)24-28)11-14-31-15-12-22/h1-2,4-5,7-10,25,28H,3,6,11-15H2,(H,23,26)(H,24,27). The third kappa shape index (κ3) is 5.44. The predicted molar refractivity (Wildman–Crippen MR) is 118 cm³/mol. The van der Waals surface area contributed by atoms with Gasteiger partial charge in [-0.15, -0.1) is 0 Å². The SMILES string of the molecule is O=C(CCCOc1ccc(S(=O)(=O)C2(C(=O)NO)CCOCC2)cc1)Nc1ccccc1O. The maximum Gasteiger partial charge on any atom is 0.265 e. The van der Waals surface area contributed by atoms with E-state index in [-0.39, 0.29) is 55.6 Å². The first kappa shape index (κ1) is 24.5. The van der Waals surface area contributed by atoms with Crippen LogP contribution in [-0.2, 0) is 24.2 Å². The number of phenols is 1. The number of benzene rings is 2. The van der Waals surface area contributed by atoms with Gasteiger partial charge in [-0.3, -0.25) is 14.8 Å². The summed E-state index contributed by atoms with van der Waals surface area (Å²) in [5.74, 6) is -0.863. The Kier molecular flexibility index (Phi) is 7.90. The second-order valence-electron chi connectivity index (χ2n) is 7.54. The van der Waals surface area contributed by atoms with Crippen molar-refractivity contribution in [3.8, 4) is 11.5 Å². The van der Waals surface area contributed by atoms with Crippen molar-refractivity contribution in [1.29, 1.82) is 0 Å². The van der Waals surface area contributed by atoms with Crippen LogP contribution in [0.15, 0.2) is 53.4 Å². The van der Waals surface area contributed by atoms with E-state index in [4.69, 9.17) is 14.7 Å². The molecule has 3 rings (SSSR count). The predicted octanol–water partition coefficient (Wildman–Crippen LogP) is 2.02. The first-order chi connectivity index (χ1) is 15.8. The van der Waals surface area contributed by atoms with Crippen LogP contribution in [0, 0.1) is 0 Å². The lowest BCUT2D eigenvalue weighted by atomic mass is 9.98. The molecular weight excluding hydrogens is 452 g/mol. The fourth-order valence-corrected chi connectivity index (χ4v) is 5.52. The molecule has 1 heterocycles. The summed E-state index contributed by atoms with van der Waals surface area (Å²) in [6, 6.07) is 12.0. The molecule has 0 aromatic heterocycles. The van der Waals surface area contributed by atoms with Crippen molar-refractivity contribution in [2.24, 2.45) is 0 Å². The minimum Gasteiger partial charge on any atom is -0.506 e. The molecule has 0 aliphatic carbocycles. The van der Waals surface area contributed by atoms with Gasteiger partial charge in [0.15, 0.2) is 14.6 Å². The Labute approximate surface area is 191 Å². The fourth-order valence-electron chi connectivity index (χ4n) is 3.58. The zero-order valence-electron chi connectivity index (χ0n) is 17.8. The van der Waals surface area contributed by atoms with E-state index in [0.717, 1.165) is 0 Å². The summed E-state index contributed by atoms with van der Waals surface area (Å²) >= 11 is 0. The summed E-state index contributed by atoms with van der Waals surface area (Å²) in [6.07, 6.45) is 0.437. The molecule has 1 saturated heterocycles. The highest BCUT2D eigenvalue weighted by Crippen LogP contribution is 2.35. The highest BCUT2D eigenvalue weighted by atomic mass is 32.2. The quantitative estimate of drug-likeness (QED) is 0.185. The molecule has 1 fully saturated rings. The normalized spacial score (nSPS) is 15.4. The van der Waals surface area contributed by atoms with Crippen molar-refractivity contribution in [2.45, 2.75) is 35.3 Å². The van der Waals surface area contributed by atoms with Crippen LogP contribution in [0.4, 0.5) is 5.69 Å². The number of anilines is 1. The number of carbonyl (C=O) groups excluding carboxylic acids is 2. The molecule has 2 aromatic carbocycles. The van der Waals surface area contributed by atoms with E-state index in [1.807, 2.05) is 0 Å². The third-order valence-electron chi connectivity index (χ3n) is 5.46. The summed E-state index contributed by atoms with van der Waals surface area (Å²) in [4.78, 5) is 24.2. The van der Waals surface area contributed by atoms with E-state index in [9.17, 15) is 23.1 Å². The molecule has 33 heavy (non-hydrogen) atoms. The molecule has 4 N–H and O–H groups in total. The number of hydrogen-bond acceptors (Lipinski definition) is 8. The Morgan fingerprint density at radius 2 is 1.73 bits per heavy atom. The van der Waals surface area contributed by atoms with Gasteiger partial charge in [0.1, 0.15) is 11.5 Å². The molecule has 0 unspecified atom stereocenters. The van der Waals surface area contributed by atoms with E-state index < -0.39 is 20.5 Å². The lowest BCUT2D eigenvalue weighted by Gasteiger charge is -2.34. The van der Waals surface area contributed by atoms with Gasteiger partial charge >= 0.3 is 0 Å². The van der Waals surface area contributed by atoms with Crippen LogP contribution >= 0.6 is 0 Å². The summed E-state index contributed by atoms with van der Waals surface area (Å²) in [5.41, 5.74) is 1.81. The number of phenolic OH excluding ortho intramolecular Hbond substituents is 1. The molecule has 1 aliphatic rings.